The molecule has 1 fully saturated rings. The average Bonchev–Trinajstić information content (AvgIpc) is 2.49. The fourth-order valence-corrected chi connectivity index (χ4v) is 2.33. The summed E-state index contributed by atoms with van der Waals surface area (Å²) in [6, 6.07) is 21.1. The molecule has 2 aromatic carbocycles. The van der Waals surface area contributed by atoms with E-state index in [9.17, 15) is 0 Å². The van der Waals surface area contributed by atoms with Crippen LogP contribution in [0.5, 0.6) is 0 Å². The highest BCUT2D eigenvalue weighted by Gasteiger charge is 2.20. The maximum Gasteiger partial charge on any atom is 0.391 e. The van der Waals surface area contributed by atoms with Gasteiger partial charge in [0.2, 0.25) is 0 Å². The molecule has 0 unspecified atom stereocenters. The molecule has 1 heterocycles. The Morgan fingerprint density at radius 3 is 1.56 bits per heavy atom. The van der Waals surface area contributed by atoms with Crippen LogP contribution in [0, 0.1) is 0 Å². The van der Waals surface area contributed by atoms with Gasteiger partial charge in [-0.3, -0.25) is 0 Å². The van der Waals surface area contributed by atoms with Crippen LogP contribution in [0.3, 0.4) is 0 Å². The van der Waals surface area contributed by atoms with E-state index in [1.165, 1.54) is 17.8 Å². The van der Waals surface area contributed by atoms with E-state index in [0.717, 1.165) is 13.1 Å². The van der Waals surface area contributed by atoms with E-state index in [2.05, 4.69) is 77.8 Å². The summed E-state index contributed by atoms with van der Waals surface area (Å²) in [5, 5.41) is 0. The Morgan fingerprint density at radius 2 is 1.11 bits per heavy atom. The van der Waals surface area contributed by atoms with Gasteiger partial charge in [-0.2, -0.15) is 0 Å². The van der Waals surface area contributed by atoms with Crippen molar-refractivity contribution >= 4 is 18.9 Å². The Bertz CT molecular complexity index is 441. The van der Waals surface area contributed by atoms with E-state index in [1.54, 1.807) is 0 Å². The van der Waals surface area contributed by atoms with Crippen molar-refractivity contribution in [3.8, 4) is 0 Å². The summed E-state index contributed by atoms with van der Waals surface area (Å²) in [7, 11) is 2.22. The fourth-order valence-electron chi connectivity index (χ4n) is 2.33. The largest absolute Gasteiger partial charge is 0.399 e. The lowest BCUT2D eigenvalue weighted by Gasteiger charge is -2.37. The molecule has 3 heteroatoms. The molecule has 1 aliphatic heterocycles. The van der Waals surface area contributed by atoms with Gasteiger partial charge in [0.15, 0.2) is 0 Å². The van der Waals surface area contributed by atoms with Gasteiger partial charge in [-0.05, 0) is 30.7 Å². The number of para-hydroxylation sites is 2. The Morgan fingerprint density at radius 1 is 0.667 bits per heavy atom. The van der Waals surface area contributed by atoms with Crippen LogP contribution in [-0.4, -0.2) is 20.6 Å². The highest BCUT2D eigenvalue weighted by Crippen LogP contribution is 2.20. The summed E-state index contributed by atoms with van der Waals surface area (Å²) in [4.78, 5) is 4.63. The fraction of sp³-hybridized carbons (Fsp3) is 0.200. The number of hydrogen-bond acceptors (Lipinski definition) is 2. The molecule has 0 aromatic heterocycles. The Kier molecular flexibility index (Phi) is 3.22. The minimum atomic E-state index is 1.09. The Labute approximate surface area is 109 Å². The van der Waals surface area contributed by atoms with Crippen molar-refractivity contribution in [3.05, 3.63) is 60.7 Å². The number of benzene rings is 2. The summed E-state index contributed by atoms with van der Waals surface area (Å²) in [5.41, 5.74) is 2.52. The van der Waals surface area contributed by atoms with Crippen molar-refractivity contribution in [2.75, 3.05) is 22.7 Å². The first-order chi connectivity index (χ1) is 8.93. The topological polar surface area (TPSA) is 6.48 Å². The molecule has 0 bridgehead atoms. The molecular formula is C15H16BN2. The van der Waals surface area contributed by atoms with Crippen LogP contribution >= 0.6 is 0 Å². The molecule has 1 aliphatic rings. The lowest BCUT2D eigenvalue weighted by Crippen LogP contribution is -2.48. The maximum atomic E-state index is 2.32. The van der Waals surface area contributed by atoms with Crippen molar-refractivity contribution in [3.63, 3.8) is 0 Å². The van der Waals surface area contributed by atoms with E-state index in [1.807, 2.05) is 0 Å². The van der Waals surface area contributed by atoms with Crippen molar-refractivity contribution in [1.82, 2.24) is 0 Å². The number of hydrogen-bond donors (Lipinski definition) is 0. The summed E-state index contributed by atoms with van der Waals surface area (Å²) < 4.78 is 0. The van der Waals surface area contributed by atoms with Crippen LogP contribution in [0.4, 0.5) is 11.4 Å². The third-order valence-electron chi connectivity index (χ3n) is 3.25. The van der Waals surface area contributed by atoms with E-state index in [4.69, 9.17) is 0 Å². The normalized spacial score (nSPS) is 15.3. The van der Waals surface area contributed by atoms with E-state index in [0.29, 0.717) is 0 Å². The van der Waals surface area contributed by atoms with E-state index < -0.39 is 0 Å². The second-order valence-electron chi connectivity index (χ2n) is 4.53. The average molecular weight is 235 g/mol. The zero-order valence-corrected chi connectivity index (χ0v) is 10.4. The van der Waals surface area contributed by atoms with Crippen molar-refractivity contribution in [2.24, 2.45) is 0 Å². The molecule has 18 heavy (non-hydrogen) atoms. The monoisotopic (exact) mass is 235 g/mol. The quantitative estimate of drug-likeness (QED) is 0.738. The highest BCUT2D eigenvalue weighted by atomic mass is 15.2. The van der Waals surface area contributed by atoms with Gasteiger partial charge >= 0.3 is 7.55 Å². The van der Waals surface area contributed by atoms with Gasteiger partial charge in [0.1, 0.15) is 0 Å². The lowest BCUT2D eigenvalue weighted by atomic mass is 9.95. The van der Waals surface area contributed by atoms with Crippen LogP contribution in [0.15, 0.2) is 60.7 Å². The van der Waals surface area contributed by atoms with Crippen LogP contribution in [0.2, 0.25) is 0 Å². The number of anilines is 2. The van der Waals surface area contributed by atoms with Gasteiger partial charge in [0.05, 0.1) is 0 Å². The second kappa shape index (κ2) is 5.17. The standard InChI is InChI=1S/C15H16BN2/c1-3-8-14(9-4-1)17-12-7-13-18(16-17)15-10-5-2-6-11-15/h1-6,8-11H,7,12-13H2. The summed E-state index contributed by atoms with van der Waals surface area (Å²) in [6.07, 6.45) is 1.18. The van der Waals surface area contributed by atoms with Crippen LogP contribution in [0.1, 0.15) is 6.42 Å². The summed E-state index contributed by atoms with van der Waals surface area (Å²) >= 11 is 0. The Hall–Kier alpha value is -1.90. The van der Waals surface area contributed by atoms with E-state index >= 15 is 0 Å². The van der Waals surface area contributed by atoms with Crippen LogP contribution in [-0.2, 0) is 0 Å². The molecule has 1 saturated heterocycles. The van der Waals surface area contributed by atoms with Gasteiger partial charge in [0.25, 0.3) is 0 Å². The van der Waals surface area contributed by atoms with E-state index in [-0.39, 0.29) is 0 Å². The minimum absolute atomic E-state index is 1.09. The number of rotatable bonds is 2. The molecular weight excluding hydrogens is 219 g/mol. The van der Waals surface area contributed by atoms with Gasteiger partial charge in [0, 0.05) is 24.5 Å². The zero-order chi connectivity index (χ0) is 12.2. The van der Waals surface area contributed by atoms with Gasteiger partial charge in [-0.15, -0.1) is 0 Å². The van der Waals surface area contributed by atoms with Crippen molar-refractivity contribution < 1.29 is 0 Å². The predicted octanol–water partition coefficient (Wildman–Crippen LogP) is 2.94. The molecule has 2 nitrogen and oxygen atoms in total. The maximum absolute atomic E-state index is 2.32. The summed E-state index contributed by atoms with van der Waals surface area (Å²) in [6.45, 7) is 2.18. The first kappa shape index (κ1) is 11.2. The molecule has 1 radical (unpaired) electrons. The molecule has 0 saturated carbocycles. The van der Waals surface area contributed by atoms with Crippen LogP contribution < -0.4 is 9.62 Å². The molecule has 0 aliphatic carbocycles. The van der Waals surface area contributed by atoms with Crippen molar-refractivity contribution in [2.45, 2.75) is 6.42 Å². The number of nitrogens with zero attached hydrogens (tertiary/aromatic N) is 2. The SMILES string of the molecule is [B]1N(c2ccccc2)CCCN1c1ccccc1. The molecule has 2 aromatic rings. The smallest absolute Gasteiger partial charge is 0.391 e. The zero-order valence-electron chi connectivity index (χ0n) is 10.4. The molecule has 89 valence electrons. The first-order valence-corrected chi connectivity index (χ1v) is 6.42. The van der Waals surface area contributed by atoms with Gasteiger partial charge in [-0.25, -0.2) is 0 Å². The molecule has 0 atom stereocenters. The minimum Gasteiger partial charge on any atom is -0.399 e. The summed E-state index contributed by atoms with van der Waals surface area (Å²) in [5.74, 6) is 0. The highest BCUT2D eigenvalue weighted by molar-refractivity contribution is 6.47. The van der Waals surface area contributed by atoms with Gasteiger partial charge in [-0.1, -0.05) is 36.4 Å². The molecule has 0 spiro atoms. The molecule has 3 rings (SSSR count). The molecule has 0 amide bonds. The Balaban J connectivity index is 1.77. The lowest BCUT2D eigenvalue weighted by molar-refractivity contribution is 0.790. The predicted molar refractivity (Wildman–Crippen MR) is 77.9 cm³/mol. The third-order valence-corrected chi connectivity index (χ3v) is 3.25. The molecule has 0 N–H and O–H groups in total. The first-order valence-electron chi connectivity index (χ1n) is 6.42. The van der Waals surface area contributed by atoms with Gasteiger partial charge < -0.3 is 9.62 Å². The van der Waals surface area contributed by atoms with Crippen molar-refractivity contribution in [1.29, 1.82) is 0 Å². The third kappa shape index (κ3) is 2.35. The van der Waals surface area contributed by atoms with Crippen LogP contribution in [0.25, 0.3) is 0 Å². The second-order valence-corrected chi connectivity index (χ2v) is 4.53.